The topological polar surface area (TPSA) is 63.6 Å². The van der Waals surface area contributed by atoms with Crippen LogP contribution in [0.3, 0.4) is 0 Å². The summed E-state index contributed by atoms with van der Waals surface area (Å²) >= 11 is 0. The van der Waals surface area contributed by atoms with E-state index in [1.54, 1.807) is 12.4 Å². The van der Waals surface area contributed by atoms with Crippen molar-refractivity contribution in [2.24, 2.45) is 0 Å². The van der Waals surface area contributed by atoms with Crippen LogP contribution in [0.2, 0.25) is 0 Å². The number of aromatic nitrogens is 4. The number of aromatic amines is 1. The Hall–Kier alpha value is -3.73. The molecule has 3 heterocycles. The van der Waals surface area contributed by atoms with E-state index >= 15 is 0 Å². The minimum absolute atomic E-state index is 0.0215. The van der Waals surface area contributed by atoms with Crippen LogP contribution < -0.4 is 0 Å². The van der Waals surface area contributed by atoms with Crippen molar-refractivity contribution in [1.82, 2.24) is 19.5 Å². The first-order valence-corrected chi connectivity index (χ1v) is 9.17. The van der Waals surface area contributed by atoms with Gasteiger partial charge in [0.25, 0.3) is 0 Å². The zero-order chi connectivity index (χ0) is 19.1. The summed E-state index contributed by atoms with van der Waals surface area (Å²) in [6.07, 6.45) is 5.37. The Balaban J connectivity index is 1.51. The van der Waals surface area contributed by atoms with E-state index in [-0.39, 0.29) is 5.78 Å². The molecule has 0 bridgehead atoms. The van der Waals surface area contributed by atoms with E-state index < -0.39 is 0 Å². The normalized spacial score (nSPS) is 11.3. The van der Waals surface area contributed by atoms with Crippen LogP contribution in [0, 0.1) is 6.92 Å². The van der Waals surface area contributed by atoms with Gasteiger partial charge >= 0.3 is 0 Å². The molecular weight excluding hydrogens is 348 g/mol. The lowest BCUT2D eigenvalue weighted by Gasteiger charge is -2.08. The van der Waals surface area contributed by atoms with Crippen LogP contribution in [0.4, 0.5) is 0 Å². The molecule has 0 aliphatic carbocycles. The lowest BCUT2D eigenvalue weighted by molar-refractivity contribution is 0.104. The summed E-state index contributed by atoms with van der Waals surface area (Å²) in [4.78, 5) is 25.1. The third-order valence-electron chi connectivity index (χ3n) is 5.11. The van der Waals surface area contributed by atoms with Crippen LogP contribution in [0.25, 0.3) is 21.9 Å². The number of pyridine rings is 1. The quantitative estimate of drug-likeness (QED) is 0.476. The highest BCUT2D eigenvalue weighted by Gasteiger charge is 2.15. The molecule has 5 heteroatoms. The van der Waals surface area contributed by atoms with Gasteiger partial charge < -0.3 is 9.55 Å². The largest absolute Gasteiger partial charge is 0.360 e. The number of carbonyl (C=O) groups is 1. The van der Waals surface area contributed by atoms with Crippen molar-refractivity contribution in [1.29, 1.82) is 0 Å². The molecule has 1 N–H and O–H groups in total. The highest BCUT2D eigenvalue weighted by Crippen LogP contribution is 2.22. The second-order valence-electron chi connectivity index (χ2n) is 6.89. The Morgan fingerprint density at radius 1 is 1.11 bits per heavy atom. The number of nitrogens with zero attached hydrogens (tertiary/aromatic N) is 3. The standard InChI is InChI=1S/C23H18N4O/c1-15-26-21-9-10-24-13-22(21)27(15)14-16-5-4-6-17(11-16)23(28)19-12-25-20-8-3-2-7-18(19)20/h2-13,25H,14H2,1H3. The van der Waals surface area contributed by atoms with Crippen LogP contribution in [-0.2, 0) is 6.54 Å². The molecule has 0 unspecified atom stereocenters. The number of rotatable bonds is 4. The number of carbonyl (C=O) groups excluding carboxylic acids is 1. The zero-order valence-corrected chi connectivity index (χ0v) is 15.4. The zero-order valence-electron chi connectivity index (χ0n) is 15.4. The Morgan fingerprint density at radius 3 is 2.93 bits per heavy atom. The van der Waals surface area contributed by atoms with Gasteiger partial charge in [0.2, 0.25) is 0 Å². The van der Waals surface area contributed by atoms with E-state index in [1.807, 2.05) is 67.7 Å². The first kappa shape index (κ1) is 16.4. The van der Waals surface area contributed by atoms with Gasteiger partial charge in [0.15, 0.2) is 5.78 Å². The second kappa shape index (κ2) is 6.46. The van der Waals surface area contributed by atoms with Crippen molar-refractivity contribution in [2.75, 3.05) is 0 Å². The molecule has 0 aliphatic heterocycles. The fraction of sp³-hybridized carbons (Fsp3) is 0.0870. The van der Waals surface area contributed by atoms with Crippen LogP contribution in [0.5, 0.6) is 0 Å². The lowest BCUT2D eigenvalue weighted by Crippen LogP contribution is -2.05. The number of benzene rings is 2. The van der Waals surface area contributed by atoms with Crippen molar-refractivity contribution in [3.8, 4) is 0 Å². The molecule has 5 nitrogen and oxygen atoms in total. The number of para-hydroxylation sites is 1. The maximum absolute atomic E-state index is 13.1. The van der Waals surface area contributed by atoms with Crippen LogP contribution in [-0.4, -0.2) is 25.3 Å². The van der Waals surface area contributed by atoms with E-state index in [2.05, 4.69) is 19.5 Å². The maximum atomic E-state index is 13.1. The number of aryl methyl sites for hydroxylation is 1. The summed E-state index contributed by atoms with van der Waals surface area (Å²) in [7, 11) is 0. The maximum Gasteiger partial charge on any atom is 0.195 e. The van der Waals surface area contributed by atoms with Gasteiger partial charge in [-0.15, -0.1) is 0 Å². The molecule has 0 saturated carbocycles. The van der Waals surface area contributed by atoms with Crippen LogP contribution in [0.15, 0.2) is 73.2 Å². The predicted octanol–water partition coefficient (Wildman–Crippen LogP) is 4.50. The van der Waals surface area contributed by atoms with Crippen LogP contribution >= 0.6 is 0 Å². The van der Waals surface area contributed by atoms with Crippen molar-refractivity contribution in [3.63, 3.8) is 0 Å². The summed E-state index contributed by atoms with van der Waals surface area (Å²) in [5, 5.41) is 0.945. The molecule has 0 amide bonds. The average Bonchev–Trinajstić information content (AvgIpc) is 3.29. The van der Waals surface area contributed by atoms with Crippen molar-refractivity contribution in [3.05, 3.63) is 95.7 Å². The number of nitrogens with one attached hydrogen (secondary N) is 1. The lowest BCUT2D eigenvalue weighted by atomic mass is 10.0. The van der Waals surface area contributed by atoms with Gasteiger partial charge in [-0.2, -0.15) is 0 Å². The molecular formula is C23H18N4O. The van der Waals surface area contributed by atoms with Gasteiger partial charge in [0.05, 0.1) is 17.2 Å². The van der Waals surface area contributed by atoms with Crippen molar-refractivity contribution in [2.45, 2.75) is 13.5 Å². The van der Waals surface area contributed by atoms with E-state index in [1.165, 1.54) is 0 Å². The smallest absolute Gasteiger partial charge is 0.195 e. The van der Waals surface area contributed by atoms with E-state index in [0.29, 0.717) is 17.7 Å². The molecule has 0 aliphatic rings. The number of H-pyrrole nitrogens is 1. The van der Waals surface area contributed by atoms with Crippen molar-refractivity contribution < 1.29 is 4.79 Å². The van der Waals surface area contributed by atoms with E-state index in [0.717, 1.165) is 33.3 Å². The highest BCUT2D eigenvalue weighted by molar-refractivity contribution is 6.16. The van der Waals surface area contributed by atoms with Gasteiger partial charge in [-0.25, -0.2) is 4.98 Å². The molecule has 0 saturated heterocycles. The molecule has 0 radical (unpaired) electrons. The van der Waals surface area contributed by atoms with Crippen LogP contribution in [0.1, 0.15) is 27.3 Å². The molecule has 3 aromatic heterocycles. The minimum atomic E-state index is 0.0215. The number of hydrogen-bond donors (Lipinski definition) is 1. The Kier molecular flexibility index (Phi) is 3.79. The fourth-order valence-electron chi connectivity index (χ4n) is 3.70. The number of imidazole rings is 1. The summed E-state index contributed by atoms with van der Waals surface area (Å²) < 4.78 is 2.12. The van der Waals surface area contributed by atoms with Gasteiger partial charge in [-0.1, -0.05) is 36.4 Å². The summed E-state index contributed by atoms with van der Waals surface area (Å²) in [5.74, 6) is 0.949. The molecule has 0 spiro atoms. The Labute approximate surface area is 161 Å². The molecule has 5 aromatic rings. The van der Waals surface area contributed by atoms with Gasteiger partial charge in [-0.3, -0.25) is 9.78 Å². The monoisotopic (exact) mass is 366 g/mol. The van der Waals surface area contributed by atoms with Gasteiger partial charge in [0.1, 0.15) is 5.82 Å². The Morgan fingerprint density at radius 2 is 2.00 bits per heavy atom. The first-order chi connectivity index (χ1) is 13.7. The molecule has 28 heavy (non-hydrogen) atoms. The number of ketones is 1. The molecule has 136 valence electrons. The molecule has 0 atom stereocenters. The summed E-state index contributed by atoms with van der Waals surface area (Å²) in [5.41, 5.74) is 5.32. The predicted molar refractivity (Wildman–Crippen MR) is 110 cm³/mol. The SMILES string of the molecule is Cc1nc2ccncc2n1Cc1cccc(C(=O)c2c[nH]c3ccccc23)c1. The summed E-state index contributed by atoms with van der Waals surface area (Å²) in [6, 6.07) is 17.6. The van der Waals surface area contributed by atoms with Crippen molar-refractivity contribution >= 4 is 27.7 Å². The van der Waals surface area contributed by atoms with E-state index in [9.17, 15) is 4.79 Å². The number of fused-ring (bicyclic) bond motifs is 2. The van der Waals surface area contributed by atoms with Gasteiger partial charge in [-0.05, 0) is 30.7 Å². The minimum Gasteiger partial charge on any atom is -0.360 e. The Bertz CT molecular complexity index is 1330. The third-order valence-corrected chi connectivity index (χ3v) is 5.11. The molecule has 2 aromatic carbocycles. The molecule has 0 fully saturated rings. The summed E-state index contributed by atoms with van der Waals surface area (Å²) in [6.45, 7) is 2.63. The fourth-order valence-corrected chi connectivity index (χ4v) is 3.70. The average molecular weight is 366 g/mol. The number of hydrogen-bond acceptors (Lipinski definition) is 3. The molecule has 5 rings (SSSR count). The first-order valence-electron chi connectivity index (χ1n) is 9.17. The van der Waals surface area contributed by atoms with Gasteiger partial charge in [0, 0.05) is 41.0 Å². The van der Waals surface area contributed by atoms with E-state index in [4.69, 9.17) is 0 Å². The highest BCUT2D eigenvalue weighted by atomic mass is 16.1. The third kappa shape index (κ3) is 2.68. The second-order valence-corrected chi connectivity index (χ2v) is 6.89.